The van der Waals surface area contributed by atoms with Gasteiger partial charge in [-0.05, 0) is 30.9 Å². The van der Waals surface area contributed by atoms with E-state index in [1.807, 2.05) is 24.3 Å². The molecule has 0 saturated heterocycles. The van der Waals surface area contributed by atoms with Crippen molar-refractivity contribution in [3.05, 3.63) is 30.0 Å². The van der Waals surface area contributed by atoms with Crippen LogP contribution in [0.1, 0.15) is 32.9 Å². The normalized spacial score (nSPS) is 11.2. The van der Waals surface area contributed by atoms with Crippen LogP contribution in [0, 0.1) is 5.92 Å². The van der Waals surface area contributed by atoms with E-state index in [1.165, 1.54) is 0 Å². The average Bonchev–Trinajstić information content (AvgIpc) is 2.36. The standard InChI is InChI=1S/C16H22N2O/c1-4-8-19-15-7-5-6-13-14(17)10-12(9-11(2)3)18-16(13)15/h5-7,10-11H,4,8-9H2,1-3H3,(H2,17,18). The van der Waals surface area contributed by atoms with Gasteiger partial charge in [-0.1, -0.05) is 32.9 Å². The Balaban J connectivity index is 2.49. The molecule has 3 heteroatoms. The van der Waals surface area contributed by atoms with Crippen LogP contribution in [0.15, 0.2) is 24.3 Å². The first-order valence-corrected chi connectivity index (χ1v) is 6.92. The van der Waals surface area contributed by atoms with Gasteiger partial charge in [0, 0.05) is 16.8 Å². The monoisotopic (exact) mass is 258 g/mol. The number of hydrogen-bond acceptors (Lipinski definition) is 3. The highest BCUT2D eigenvalue weighted by atomic mass is 16.5. The second-order valence-electron chi connectivity index (χ2n) is 5.30. The van der Waals surface area contributed by atoms with E-state index in [4.69, 9.17) is 15.5 Å². The van der Waals surface area contributed by atoms with E-state index >= 15 is 0 Å². The van der Waals surface area contributed by atoms with Crippen molar-refractivity contribution in [1.82, 2.24) is 4.98 Å². The Hall–Kier alpha value is -1.77. The number of benzene rings is 1. The Bertz CT molecular complexity index is 564. The predicted octanol–water partition coefficient (Wildman–Crippen LogP) is 3.80. The van der Waals surface area contributed by atoms with Crippen LogP contribution in [0.25, 0.3) is 10.9 Å². The highest BCUT2D eigenvalue weighted by Gasteiger charge is 2.09. The van der Waals surface area contributed by atoms with Crippen LogP contribution in [0.2, 0.25) is 0 Å². The van der Waals surface area contributed by atoms with Gasteiger partial charge < -0.3 is 10.5 Å². The van der Waals surface area contributed by atoms with Crippen LogP contribution in [-0.2, 0) is 6.42 Å². The molecule has 0 aliphatic rings. The smallest absolute Gasteiger partial charge is 0.145 e. The van der Waals surface area contributed by atoms with E-state index in [0.29, 0.717) is 12.5 Å². The molecule has 0 bridgehead atoms. The number of nitrogens with two attached hydrogens (primary N) is 1. The van der Waals surface area contributed by atoms with Gasteiger partial charge in [0.15, 0.2) is 0 Å². The summed E-state index contributed by atoms with van der Waals surface area (Å²) in [5.74, 6) is 1.39. The molecule has 2 rings (SSSR count). The van der Waals surface area contributed by atoms with Gasteiger partial charge in [0.1, 0.15) is 11.3 Å². The molecule has 0 amide bonds. The topological polar surface area (TPSA) is 48.1 Å². The minimum atomic E-state index is 0.563. The van der Waals surface area contributed by atoms with Crippen molar-refractivity contribution in [2.45, 2.75) is 33.6 Å². The number of nitrogens with zero attached hydrogens (tertiary/aromatic N) is 1. The molecule has 1 aromatic carbocycles. The van der Waals surface area contributed by atoms with E-state index in [0.717, 1.165) is 40.9 Å². The second kappa shape index (κ2) is 5.91. The maximum atomic E-state index is 6.13. The van der Waals surface area contributed by atoms with E-state index in [1.54, 1.807) is 0 Å². The van der Waals surface area contributed by atoms with Crippen molar-refractivity contribution >= 4 is 16.6 Å². The highest BCUT2D eigenvalue weighted by Crippen LogP contribution is 2.29. The minimum absolute atomic E-state index is 0.563. The third kappa shape index (κ3) is 3.16. The molecule has 1 aromatic heterocycles. The molecule has 0 unspecified atom stereocenters. The molecular weight excluding hydrogens is 236 g/mol. The molecule has 0 spiro atoms. The van der Waals surface area contributed by atoms with Crippen molar-refractivity contribution in [2.24, 2.45) is 5.92 Å². The van der Waals surface area contributed by atoms with Gasteiger partial charge in [-0.3, -0.25) is 0 Å². The quantitative estimate of drug-likeness (QED) is 0.887. The molecule has 3 nitrogen and oxygen atoms in total. The number of para-hydroxylation sites is 1. The van der Waals surface area contributed by atoms with Crippen LogP contribution in [0.3, 0.4) is 0 Å². The zero-order chi connectivity index (χ0) is 13.8. The van der Waals surface area contributed by atoms with Gasteiger partial charge in [0.25, 0.3) is 0 Å². The van der Waals surface area contributed by atoms with E-state index in [2.05, 4.69) is 20.8 Å². The zero-order valence-electron chi connectivity index (χ0n) is 11.9. The molecule has 2 N–H and O–H groups in total. The molecule has 0 aliphatic heterocycles. The SMILES string of the molecule is CCCOc1cccc2c(N)cc(CC(C)C)nc12. The third-order valence-electron chi connectivity index (χ3n) is 2.97. The van der Waals surface area contributed by atoms with Gasteiger partial charge in [-0.15, -0.1) is 0 Å². The van der Waals surface area contributed by atoms with Crippen LogP contribution in [-0.4, -0.2) is 11.6 Å². The summed E-state index contributed by atoms with van der Waals surface area (Å²) in [4.78, 5) is 4.72. The number of nitrogen functional groups attached to an aromatic ring is 1. The number of aromatic nitrogens is 1. The Morgan fingerprint density at radius 1 is 1.32 bits per heavy atom. The van der Waals surface area contributed by atoms with Crippen molar-refractivity contribution < 1.29 is 4.74 Å². The summed E-state index contributed by atoms with van der Waals surface area (Å²) in [5.41, 5.74) is 8.83. The second-order valence-corrected chi connectivity index (χ2v) is 5.30. The first kappa shape index (κ1) is 13.7. The number of hydrogen-bond donors (Lipinski definition) is 1. The molecule has 1 heterocycles. The Morgan fingerprint density at radius 2 is 2.11 bits per heavy atom. The maximum absolute atomic E-state index is 6.13. The van der Waals surface area contributed by atoms with Crippen LogP contribution in [0.5, 0.6) is 5.75 Å². The fourth-order valence-corrected chi connectivity index (χ4v) is 2.16. The fourth-order valence-electron chi connectivity index (χ4n) is 2.16. The molecular formula is C16H22N2O. The summed E-state index contributed by atoms with van der Waals surface area (Å²) in [6.45, 7) is 7.16. The van der Waals surface area contributed by atoms with Crippen molar-refractivity contribution in [2.75, 3.05) is 12.3 Å². The lowest BCUT2D eigenvalue weighted by Crippen LogP contribution is -2.02. The van der Waals surface area contributed by atoms with E-state index < -0.39 is 0 Å². The summed E-state index contributed by atoms with van der Waals surface area (Å²) in [5, 5.41) is 0.973. The maximum Gasteiger partial charge on any atom is 0.145 e. The molecule has 2 aromatic rings. The Labute approximate surface area is 114 Å². The lowest BCUT2D eigenvalue weighted by molar-refractivity contribution is 0.320. The lowest BCUT2D eigenvalue weighted by atomic mass is 10.1. The first-order chi connectivity index (χ1) is 9.11. The number of rotatable bonds is 5. The fraction of sp³-hybridized carbons (Fsp3) is 0.438. The van der Waals surface area contributed by atoms with Gasteiger partial charge in [-0.25, -0.2) is 4.98 Å². The third-order valence-corrected chi connectivity index (χ3v) is 2.97. The van der Waals surface area contributed by atoms with Gasteiger partial charge >= 0.3 is 0 Å². The summed E-state index contributed by atoms with van der Waals surface area (Å²) in [6, 6.07) is 7.90. The number of anilines is 1. The van der Waals surface area contributed by atoms with Gasteiger partial charge in [0.05, 0.1) is 6.61 Å². The van der Waals surface area contributed by atoms with Gasteiger partial charge in [-0.2, -0.15) is 0 Å². The highest BCUT2D eigenvalue weighted by molar-refractivity contribution is 5.94. The first-order valence-electron chi connectivity index (χ1n) is 6.92. The summed E-state index contributed by atoms with van der Waals surface area (Å²) in [6.07, 6.45) is 1.92. The number of pyridine rings is 1. The molecule has 19 heavy (non-hydrogen) atoms. The van der Waals surface area contributed by atoms with Crippen molar-refractivity contribution in [1.29, 1.82) is 0 Å². The van der Waals surface area contributed by atoms with Gasteiger partial charge in [0.2, 0.25) is 0 Å². The largest absolute Gasteiger partial charge is 0.491 e. The molecule has 0 atom stereocenters. The Kier molecular flexibility index (Phi) is 4.25. The van der Waals surface area contributed by atoms with E-state index in [-0.39, 0.29) is 0 Å². The van der Waals surface area contributed by atoms with E-state index in [9.17, 15) is 0 Å². The van der Waals surface area contributed by atoms with Crippen molar-refractivity contribution in [3.63, 3.8) is 0 Å². The molecule has 0 aliphatic carbocycles. The zero-order valence-corrected chi connectivity index (χ0v) is 11.9. The van der Waals surface area contributed by atoms with Crippen molar-refractivity contribution in [3.8, 4) is 5.75 Å². The Morgan fingerprint density at radius 3 is 2.79 bits per heavy atom. The molecule has 0 fully saturated rings. The van der Waals surface area contributed by atoms with Crippen LogP contribution < -0.4 is 10.5 Å². The predicted molar refractivity (Wildman–Crippen MR) is 80.5 cm³/mol. The molecule has 102 valence electrons. The summed E-state index contributed by atoms with van der Waals surface area (Å²) >= 11 is 0. The molecule has 0 saturated carbocycles. The number of fused-ring (bicyclic) bond motifs is 1. The molecule has 0 radical (unpaired) electrons. The average molecular weight is 258 g/mol. The summed E-state index contributed by atoms with van der Waals surface area (Å²) < 4.78 is 5.77. The minimum Gasteiger partial charge on any atom is -0.491 e. The van der Waals surface area contributed by atoms with Crippen LogP contribution in [0.4, 0.5) is 5.69 Å². The summed E-state index contributed by atoms with van der Waals surface area (Å²) in [7, 11) is 0. The van der Waals surface area contributed by atoms with Crippen LogP contribution >= 0.6 is 0 Å². The lowest BCUT2D eigenvalue weighted by Gasteiger charge is -2.12. The number of ether oxygens (including phenoxy) is 1.